The second kappa shape index (κ2) is 5.66. The Labute approximate surface area is 124 Å². The third-order valence-electron chi connectivity index (χ3n) is 2.95. The van der Waals surface area contributed by atoms with Gasteiger partial charge in [-0.1, -0.05) is 25.2 Å². The minimum atomic E-state index is 0.331. The van der Waals surface area contributed by atoms with Crippen LogP contribution in [0, 0.1) is 0 Å². The number of hydrogen-bond donors (Lipinski definition) is 1. The fraction of sp³-hybridized carbons (Fsp3) is 0.385. The third-order valence-corrected chi connectivity index (χ3v) is 6.25. The van der Waals surface area contributed by atoms with Crippen LogP contribution in [0.4, 0.5) is 0 Å². The minimum absolute atomic E-state index is 0.331. The normalized spacial score (nSPS) is 13.2. The predicted octanol–water partition coefficient (Wildman–Crippen LogP) is 4.54. The first-order chi connectivity index (χ1) is 9.31. The maximum absolute atomic E-state index is 4.36. The van der Waals surface area contributed by atoms with Gasteiger partial charge in [0.25, 0.3) is 0 Å². The molecular weight excluding hydrogens is 294 g/mol. The summed E-state index contributed by atoms with van der Waals surface area (Å²) in [5, 5.41) is 16.4. The zero-order valence-corrected chi connectivity index (χ0v) is 13.3. The van der Waals surface area contributed by atoms with E-state index in [9.17, 15) is 0 Å². The second-order valence-electron chi connectivity index (χ2n) is 4.22. The van der Waals surface area contributed by atoms with Crippen LogP contribution >= 0.6 is 34.0 Å². The van der Waals surface area contributed by atoms with Gasteiger partial charge in [-0.15, -0.1) is 32.9 Å². The van der Waals surface area contributed by atoms with Crippen LogP contribution in [0.2, 0.25) is 0 Å². The average Bonchev–Trinajstić information content (AvgIpc) is 3.08. The van der Waals surface area contributed by atoms with Gasteiger partial charge in [-0.2, -0.15) is 0 Å². The molecule has 0 saturated carbocycles. The molecule has 0 spiro atoms. The number of nitrogens with one attached hydrogen (secondary N) is 1. The van der Waals surface area contributed by atoms with Crippen molar-refractivity contribution in [2.75, 3.05) is 6.54 Å². The van der Waals surface area contributed by atoms with Crippen molar-refractivity contribution in [2.45, 2.75) is 26.3 Å². The molecule has 0 fully saturated rings. The Morgan fingerprint density at radius 3 is 2.84 bits per heavy atom. The lowest BCUT2D eigenvalue weighted by atomic mass is 10.2. The Morgan fingerprint density at radius 2 is 2.11 bits per heavy atom. The number of thiophene rings is 2. The lowest BCUT2D eigenvalue weighted by molar-refractivity contribution is 0.531. The van der Waals surface area contributed by atoms with Crippen LogP contribution in [0.1, 0.15) is 31.3 Å². The molecular formula is C13H15N3S3. The highest BCUT2D eigenvalue weighted by atomic mass is 32.1. The molecule has 0 aliphatic carbocycles. The van der Waals surface area contributed by atoms with Crippen LogP contribution in [-0.4, -0.2) is 16.7 Å². The molecule has 3 rings (SSSR count). The maximum Gasteiger partial charge on any atom is 0.157 e. The quantitative estimate of drug-likeness (QED) is 0.752. The predicted molar refractivity (Wildman–Crippen MR) is 85.3 cm³/mol. The summed E-state index contributed by atoms with van der Waals surface area (Å²) in [5.41, 5.74) is 0. The highest BCUT2D eigenvalue weighted by molar-refractivity contribution is 7.30. The Balaban J connectivity index is 1.89. The molecule has 1 N–H and O–H groups in total. The van der Waals surface area contributed by atoms with Crippen molar-refractivity contribution < 1.29 is 0 Å². The molecule has 19 heavy (non-hydrogen) atoms. The summed E-state index contributed by atoms with van der Waals surface area (Å²) in [6, 6.07) is 4.73. The molecule has 0 aliphatic rings. The minimum Gasteiger partial charge on any atom is -0.308 e. The highest BCUT2D eigenvalue weighted by Gasteiger charge is 2.16. The van der Waals surface area contributed by atoms with Crippen LogP contribution < -0.4 is 5.32 Å². The molecule has 3 aromatic heterocycles. The van der Waals surface area contributed by atoms with E-state index in [-0.39, 0.29) is 0 Å². The van der Waals surface area contributed by atoms with Crippen molar-refractivity contribution in [1.82, 2.24) is 15.5 Å². The fourth-order valence-corrected chi connectivity index (χ4v) is 5.15. The van der Waals surface area contributed by atoms with Gasteiger partial charge in [0.15, 0.2) is 5.01 Å². The largest absolute Gasteiger partial charge is 0.308 e. The number of aromatic nitrogens is 2. The van der Waals surface area contributed by atoms with E-state index in [1.165, 1.54) is 14.3 Å². The van der Waals surface area contributed by atoms with Gasteiger partial charge in [0.2, 0.25) is 0 Å². The Morgan fingerprint density at radius 1 is 1.21 bits per heavy atom. The summed E-state index contributed by atoms with van der Waals surface area (Å²) in [4.78, 5) is 1.23. The number of hydrogen-bond acceptors (Lipinski definition) is 6. The first kappa shape index (κ1) is 13.2. The van der Waals surface area contributed by atoms with Crippen molar-refractivity contribution in [3.63, 3.8) is 0 Å². The van der Waals surface area contributed by atoms with Gasteiger partial charge in [-0.25, -0.2) is 0 Å². The number of fused-ring (bicyclic) bond motifs is 1. The SMILES string of the molecule is CCNC(CC)c1nnc(-c2cc3sccc3s2)s1. The first-order valence-electron chi connectivity index (χ1n) is 6.36. The molecule has 3 aromatic rings. The van der Waals surface area contributed by atoms with E-state index in [1.54, 1.807) is 34.0 Å². The monoisotopic (exact) mass is 309 g/mol. The Kier molecular flexibility index (Phi) is 3.93. The molecule has 0 radical (unpaired) electrons. The molecule has 6 heteroatoms. The van der Waals surface area contributed by atoms with Gasteiger partial charge in [0.1, 0.15) is 5.01 Å². The highest BCUT2D eigenvalue weighted by Crippen LogP contribution is 2.38. The van der Waals surface area contributed by atoms with Crippen LogP contribution in [0.3, 0.4) is 0 Å². The molecule has 100 valence electrons. The third kappa shape index (κ3) is 2.58. The number of rotatable bonds is 5. The lowest BCUT2D eigenvalue weighted by Gasteiger charge is -2.10. The summed E-state index contributed by atoms with van der Waals surface area (Å²) in [6.07, 6.45) is 1.04. The topological polar surface area (TPSA) is 37.8 Å². The van der Waals surface area contributed by atoms with E-state index in [0.29, 0.717) is 6.04 Å². The first-order valence-corrected chi connectivity index (χ1v) is 8.87. The van der Waals surface area contributed by atoms with Gasteiger partial charge < -0.3 is 5.32 Å². The van der Waals surface area contributed by atoms with Crippen LogP contribution in [0.5, 0.6) is 0 Å². The molecule has 3 nitrogen and oxygen atoms in total. The van der Waals surface area contributed by atoms with Crippen LogP contribution in [-0.2, 0) is 0 Å². The molecule has 3 heterocycles. The zero-order chi connectivity index (χ0) is 13.2. The van der Waals surface area contributed by atoms with Crippen molar-refractivity contribution in [3.05, 3.63) is 22.5 Å². The van der Waals surface area contributed by atoms with E-state index in [4.69, 9.17) is 0 Å². The van der Waals surface area contributed by atoms with E-state index in [0.717, 1.165) is 23.0 Å². The van der Waals surface area contributed by atoms with E-state index >= 15 is 0 Å². The van der Waals surface area contributed by atoms with Gasteiger partial charge in [0, 0.05) is 9.40 Å². The molecule has 0 aromatic carbocycles. The average molecular weight is 309 g/mol. The molecule has 0 aliphatic heterocycles. The zero-order valence-electron chi connectivity index (χ0n) is 10.8. The van der Waals surface area contributed by atoms with E-state index in [2.05, 4.69) is 46.9 Å². The van der Waals surface area contributed by atoms with Crippen LogP contribution in [0.25, 0.3) is 19.3 Å². The van der Waals surface area contributed by atoms with Crippen molar-refractivity contribution in [3.8, 4) is 9.88 Å². The molecule has 0 bridgehead atoms. The number of nitrogens with zero attached hydrogens (tertiary/aromatic N) is 2. The Hall–Kier alpha value is -0.820. The van der Waals surface area contributed by atoms with Gasteiger partial charge in [-0.05, 0) is 30.5 Å². The molecule has 0 saturated heterocycles. The van der Waals surface area contributed by atoms with Crippen molar-refractivity contribution in [2.24, 2.45) is 0 Å². The van der Waals surface area contributed by atoms with E-state index in [1.807, 2.05) is 0 Å². The van der Waals surface area contributed by atoms with Crippen LogP contribution in [0.15, 0.2) is 17.5 Å². The molecule has 1 atom stereocenters. The smallest absolute Gasteiger partial charge is 0.157 e. The van der Waals surface area contributed by atoms with Gasteiger partial charge in [0.05, 0.1) is 10.9 Å². The lowest BCUT2D eigenvalue weighted by Crippen LogP contribution is -2.19. The van der Waals surface area contributed by atoms with Crippen molar-refractivity contribution in [1.29, 1.82) is 0 Å². The van der Waals surface area contributed by atoms with Crippen molar-refractivity contribution >= 4 is 43.4 Å². The standard InChI is InChI=1S/C13H15N3S3/c1-3-8(14-4-2)12-15-16-13(19-12)11-7-10-9(18-11)5-6-17-10/h5-8,14H,3-4H2,1-2H3. The summed E-state index contributed by atoms with van der Waals surface area (Å²) in [5.74, 6) is 0. The van der Waals surface area contributed by atoms with E-state index < -0.39 is 0 Å². The molecule has 1 unspecified atom stereocenters. The molecule has 0 amide bonds. The summed E-state index contributed by atoms with van der Waals surface area (Å²) < 4.78 is 2.69. The fourth-order valence-electron chi connectivity index (χ4n) is 2.00. The summed E-state index contributed by atoms with van der Waals surface area (Å²) in [7, 11) is 0. The second-order valence-corrected chi connectivity index (χ2v) is 7.26. The summed E-state index contributed by atoms with van der Waals surface area (Å²) >= 11 is 5.29. The summed E-state index contributed by atoms with van der Waals surface area (Å²) in [6.45, 7) is 5.26. The Bertz CT molecular complexity index is 639. The van der Waals surface area contributed by atoms with Gasteiger partial charge in [-0.3, -0.25) is 0 Å². The van der Waals surface area contributed by atoms with Gasteiger partial charge >= 0.3 is 0 Å². The maximum atomic E-state index is 4.36.